The van der Waals surface area contributed by atoms with E-state index in [1.165, 1.54) is 14.2 Å². The van der Waals surface area contributed by atoms with Crippen LogP contribution in [0.25, 0.3) is 10.9 Å². The molecule has 3 heterocycles. The molecule has 42 heavy (non-hydrogen) atoms. The maximum absolute atomic E-state index is 13.3. The van der Waals surface area contributed by atoms with Gasteiger partial charge in [-0.05, 0) is 54.3 Å². The summed E-state index contributed by atoms with van der Waals surface area (Å²) in [6.45, 7) is 3.56. The lowest BCUT2D eigenvalue weighted by molar-refractivity contribution is -0.137. The zero-order valence-corrected chi connectivity index (χ0v) is 23.2. The Morgan fingerprint density at radius 2 is 1.67 bits per heavy atom. The Morgan fingerprint density at radius 1 is 0.929 bits per heavy atom. The van der Waals surface area contributed by atoms with Gasteiger partial charge in [0, 0.05) is 23.8 Å². The molecule has 5 rings (SSSR count). The van der Waals surface area contributed by atoms with Gasteiger partial charge < -0.3 is 14.2 Å². The number of hydrogen-bond donors (Lipinski definition) is 0. The summed E-state index contributed by atoms with van der Waals surface area (Å²) >= 11 is 0. The number of methoxy groups -OCH3 is 2. The Bertz CT molecular complexity index is 1680. The number of urea groups is 1. The number of carbonyl (C=O) groups is 2. The summed E-state index contributed by atoms with van der Waals surface area (Å²) in [5.74, 6) is 1.44. The third-order valence-electron chi connectivity index (χ3n) is 7.15. The zero-order chi connectivity index (χ0) is 30.2. The largest absolute Gasteiger partial charge is 0.493 e. The number of pyridine rings is 2. The van der Waals surface area contributed by atoms with E-state index in [0.29, 0.717) is 40.1 Å². The van der Waals surface area contributed by atoms with Crippen molar-refractivity contribution in [1.82, 2.24) is 9.97 Å². The van der Waals surface area contributed by atoms with Crippen LogP contribution in [0.4, 0.5) is 29.3 Å². The lowest BCUT2D eigenvalue weighted by Gasteiger charge is -2.21. The van der Waals surface area contributed by atoms with Crippen LogP contribution in [-0.2, 0) is 11.0 Å². The first-order chi connectivity index (χ1) is 20.0. The third kappa shape index (κ3) is 5.27. The van der Waals surface area contributed by atoms with Gasteiger partial charge in [0.1, 0.15) is 18.0 Å². The molecule has 0 radical (unpaired) electrons. The van der Waals surface area contributed by atoms with E-state index in [0.717, 1.165) is 34.0 Å². The smallest absolute Gasteiger partial charge is 0.417 e. The lowest BCUT2D eigenvalue weighted by Crippen LogP contribution is -2.33. The Kier molecular flexibility index (Phi) is 7.63. The van der Waals surface area contributed by atoms with Crippen molar-refractivity contribution in [1.29, 1.82) is 0 Å². The molecule has 2 aromatic carbocycles. The molecular weight excluding hydrogens is 553 g/mol. The van der Waals surface area contributed by atoms with Crippen molar-refractivity contribution in [3.8, 4) is 23.0 Å². The van der Waals surface area contributed by atoms with Crippen LogP contribution in [0.5, 0.6) is 23.0 Å². The molecule has 0 bridgehead atoms. The lowest BCUT2D eigenvalue weighted by atomic mass is 9.96. The second-order valence-corrected chi connectivity index (χ2v) is 9.69. The maximum Gasteiger partial charge on any atom is 0.417 e. The van der Waals surface area contributed by atoms with E-state index in [-0.39, 0.29) is 17.3 Å². The van der Waals surface area contributed by atoms with Crippen molar-refractivity contribution in [3.05, 3.63) is 72.2 Å². The summed E-state index contributed by atoms with van der Waals surface area (Å²) in [6.07, 6.45) is -0.520. The molecule has 0 N–H and O–H groups in total. The van der Waals surface area contributed by atoms with Crippen LogP contribution in [0.2, 0.25) is 0 Å². The minimum absolute atomic E-state index is 0.0285. The number of benzene rings is 2. The van der Waals surface area contributed by atoms with Crippen LogP contribution in [0.1, 0.15) is 37.3 Å². The van der Waals surface area contributed by atoms with Gasteiger partial charge in [0.05, 0.1) is 42.9 Å². The number of anilines is 2. The summed E-state index contributed by atoms with van der Waals surface area (Å²) in [5, 5.41) is 0.685. The van der Waals surface area contributed by atoms with E-state index >= 15 is 0 Å². The van der Waals surface area contributed by atoms with Gasteiger partial charge in [-0.1, -0.05) is 13.8 Å². The van der Waals surface area contributed by atoms with Gasteiger partial charge in [-0.2, -0.15) is 13.2 Å². The Balaban J connectivity index is 1.50. The van der Waals surface area contributed by atoms with Crippen LogP contribution in [0, 0.1) is 0 Å². The predicted molar refractivity (Wildman–Crippen MR) is 150 cm³/mol. The number of ether oxygens (including phenoxy) is 3. The van der Waals surface area contributed by atoms with Crippen molar-refractivity contribution in [2.75, 3.05) is 30.6 Å². The number of halogens is 3. The number of nitrogens with zero attached hydrogens (tertiary/aromatic N) is 4. The topological polar surface area (TPSA) is 94.1 Å². The van der Waals surface area contributed by atoms with Gasteiger partial charge in [-0.25, -0.2) is 9.69 Å². The number of imide groups is 1. The average molecular weight is 581 g/mol. The number of amides is 3. The number of alkyl halides is 3. The molecule has 1 aliphatic rings. The first kappa shape index (κ1) is 28.7. The molecule has 2 aromatic heterocycles. The number of aromatic nitrogens is 2. The summed E-state index contributed by atoms with van der Waals surface area (Å²) < 4.78 is 56.9. The second kappa shape index (κ2) is 11.2. The summed E-state index contributed by atoms with van der Waals surface area (Å²) in [4.78, 5) is 36.3. The molecule has 1 atom stereocenters. The highest BCUT2D eigenvalue weighted by Crippen LogP contribution is 2.41. The molecule has 1 unspecified atom stereocenters. The number of rotatable bonds is 8. The summed E-state index contributed by atoms with van der Waals surface area (Å²) in [7, 11) is 3.07. The van der Waals surface area contributed by atoms with Gasteiger partial charge in [-0.3, -0.25) is 19.7 Å². The molecule has 9 nitrogen and oxygen atoms in total. The molecule has 1 saturated heterocycles. The molecule has 3 amide bonds. The predicted octanol–water partition coefficient (Wildman–Crippen LogP) is 6.94. The standard InChI is InChI=1S/C30H27F3N4O5/c1-5-17(2)21-11-19(37-28(38)16-36(29(37)39)20-10-18(14-34-15-20)30(31,32)33)6-7-24(21)42-25-8-9-35-23-13-27(41-4)26(40-3)12-22(23)25/h6-15,17H,5,16H2,1-4H3. The van der Waals surface area contributed by atoms with E-state index in [4.69, 9.17) is 14.2 Å². The molecule has 1 fully saturated rings. The Labute approximate surface area is 239 Å². The van der Waals surface area contributed by atoms with Crippen molar-refractivity contribution < 1.29 is 37.0 Å². The fourth-order valence-electron chi connectivity index (χ4n) is 4.72. The quantitative estimate of drug-likeness (QED) is 0.208. The van der Waals surface area contributed by atoms with Crippen LogP contribution >= 0.6 is 0 Å². The maximum atomic E-state index is 13.3. The molecule has 4 aromatic rings. The Hall–Kier alpha value is -4.87. The third-order valence-corrected chi connectivity index (χ3v) is 7.15. The van der Waals surface area contributed by atoms with E-state index in [1.54, 1.807) is 42.6 Å². The van der Waals surface area contributed by atoms with Gasteiger partial charge in [0.15, 0.2) is 11.5 Å². The fourth-order valence-corrected chi connectivity index (χ4v) is 4.72. The van der Waals surface area contributed by atoms with Crippen LogP contribution < -0.4 is 24.0 Å². The number of carbonyl (C=O) groups excluding carboxylic acids is 2. The van der Waals surface area contributed by atoms with Gasteiger partial charge in [0.2, 0.25) is 0 Å². The molecule has 0 saturated carbocycles. The van der Waals surface area contributed by atoms with E-state index < -0.39 is 30.2 Å². The SMILES string of the molecule is CCC(C)c1cc(N2C(=O)CN(c3cncc(C(F)(F)F)c3)C2=O)ccc1Oc1ccnc2cc(OC)c(OC)cc12. The molecule has 1 aliphatic heterocycles. The normalized spacial score (nSPS) is 14.5. The zero-order valence-electron chi connectivity index (χ0n) is 23.2. The highest BCUT2D eigenvalue weighted by Gasteiger charge is 2.40. The van der Waals surface area contributed by atoms with Crippen LogP contribution in [0.3, 0.4) is 0 Å². The average Bonchev–Trinajstić information content (AvgIpc) is 3.29. The van der Waals surface area contributed by atoms with E-state index in [2.05, 4.69) is 9.97 Å². The minimum atomic E-state index is -4.64. The second-order valence-electron chi connectivity index (χ2n) is 9.69. The monoisotopic (exact) mass is 580 g/mol. The molecule has 218 valence electrons. The van der Waals surface area contributed by atoms with Crippen molar-refractivity contribution >= 4 is 34.2 Å². The molecular formula is C30H27F3N4O5. The van der Waals surface area contributed by atoms with Gasteiger partial charge in [0.25, 0.3) is 5.91 Å². The van der Waals surface area contributed by atoms with Crippen molar-refractivity contribution in [3.63, 3.8) is 0 Å². The first-order valence-corrected chi connectivity index (χ1v) is 13.0. The first-order valence-electron chi connectivity index (χ1n) is 13.0. The van der Waals surface area contributed by atoms with E-state index in [1.807, 2.05) is 13.8 Å². The van der Waals surface area contributed by atoms with Gasteiger partial charge >= 0.3 is 12.2 Å². The summed E-state index contributed by atoms with van der Waals surface area (Å²) in [6, 6.07) is 10.2. The Morgan fingerprint density at radius 3 is 2.36 bits per heavy atom. The van der Waals surface area contributed by atoms with Crippen LogP contribution in [0.15, 0.2) is 61.1 Å². The molecule has 0 spiro atoms. The minimum Gasteiger partial charge on any atom is -0.493 e. The van der Waals surface area contributed by atoms with Gasteiger partial charge in [-0.15, -0.1) is 0 Å². The highest BCUT2D eigenvalue weighted by molar-refractivity contribution is 6.27. The van der Waals surface area contributed by atoms with E-state index in [9.17, 15) is 22.8 Å². The van der Waals surface area contributed by atoms with Crippen molar-refractivity contribution in [2.45, 2.75) is 32.4 Å². The highest BCUT2D eigenvalue weighted by atomic mass is 19.4. The number of hydrogen-bond acceptors (Lipinski definition) is 7. The fraction of sp³-hybridized carbons (Fsp3) is 0.267. The molecule has 0 aliphatic carbocycles. The molecule has 12 heteroatoms. The number of fused-ring (bicyclic) bond motifs is 1. The van der Waals surface area contributed by atoms with Crippen LogP contribution in [-0.4, -0.2) is 42.7 Å². The summed E-state index contributed by atoms with van der Waals surface area (Å²) in [5.41, 5.74) is 0.508. The van der Waals surface area contributed by atoms with Crippen molar-refractivity contribution in [2.24, 2.45) is 0 Å².